The van der Waals surface area contributed by atoms with Gasteiger partial charge in [-0.05, 0) is 43.2 Å². The third kappa shape index (κ3) is 4.06. The zero-order valence-corrected chi connectivity index (χ0v) is 14.1. The molecule has 1 heterocycles. The molecule has 0 bridgehead atoms. The molecular weight excluding hydrogens is 322 g/mol. The number of rotatable bonds is 4. The van der Waals surface area contributed by atoms with Crippen LogP contribution >= 0.6 is 27.3 Å². The quantitative estimate of drug-likeness (QED) is 0.645. The van der Waals surface area contributed by atoms with E-state index in [1.165, 1.54) is 29.7 Å². The summed E-state index contributed by atoms with van der Waals surface area (Å²) in [4.78, 5) is 14.8. The van der Waals surface area contributed by atoms with Gasteiger partial charge in [-0.15, -0.1) is 11.3 Å². The van der Waals surface area contributed by atoms with Gasteiger partial charge >= 0.3 is 0 Å². The van der Waals surface area contributed by atoms with Crippen molar-refractivity contribution in [1.29, 1.82) is 0 Å². The van der Waals surface area contributed by atoms with E-state index in [1.54, 1.807) is 11.3 Å². The van der Waals surface area contributed by atoms with E-state index in [-0.39, 0.29) is 5.91 Å². The lowest BCUT2D eigenvalue weighted by Gasteiger charge is -2.13. The highest BCUT2D eigenvalue weighted by Gasteiger charge is 2.17. The largest absolute Gasteiger partial charge is 0.350 e. The molecule has 106 valence electrons. The van der Waals surface area contributed by atoms with Crippen molar-refractivity contribution in [2.75, 3.05) is 6.54 Å². The van der Waals surface area contributed by atoms with Gasteiger partial charge in [-0.1, -0.05) is 36.2 Å². The molecule has 0 saturated carbocycles. The third-order valence-electron chi connectivity index (χ3n) is 3.65. The molecule has 1 unspecified atom stereocenters. The van der Waals surface area contributed by atoms with Gasteiger partial charge in [0.25, 0.3) is 5.91 Å². The minimum atomic E-state index is 0.0863. The predicted molar refractivity (Wildman–Crippen MR) is 85.5 cm³/mol. The van der Waals surface area contributed by atoms with E-state index in [0.29, 0.717) is 17.3 Å². The number of carbonyl (C=O) groups is 1. The number of carbonyl (C=O) groups excluding carboxylic acids is 1. The zero-order chi connectivity index (χ0) is 13.8. The van der Waals surface area contributed by atoms with Gasteiger partial charge in [-0.2, -0.15) is 0 Å². The zero-order valence-electron chi connectivity index (χ0n) is 11.7. The summed E-state index contributed by atoms with van der Waals surface area (Å²) in [5, 5.41) is 3.03. The smallest absolute Gasteiger partial charge is 0.261 e. The normalized spacial score (nSPS) is 16.8. The van der Waals surface area contributed by atoms with Crippen LogP contribution in [0.1, 0.15) is 53.2 Å². The molecule has 1 aliphatic carbocycles. The minimum Gasteiger partial charge on any atom is -0.350 e. The van der Waals surface area contributed by atoms with E-state index < -0.39 is 0 Å². The van der Waals surface area contributed by atoms with Crippen molar-refractivity contribution in [2.45, 2.75) is 50.8 Å². The van der Waals surface area contributed by atoms with Gasteiger partial charge in [-0.25, -0.2) is 0 Å². The number of hydrogen-bond donors (Lipinski definition) is 1. The van der Waals surface area contributed by atoms with Crippen molar-refractivity contribution in [1.82, 2.24) is 5.32 Å². The first kappa shape index (κ1) is 15.0. The van der Waals surface area contributed by atoms with Gasteiger partial charge < -0.3 is 5.32 Å². The van der Waals surface area contributed by atoms with Crippen molar-refractivity contribution in [3.63, 3.8) is 0 Å². The maximum Gasteiger partial charge on any atom is 0.261 e. The van der Waals surface area contributed by atoms with Gasteiger partial charge in [-0.3, -0.25) is 4.79 Å². The Morgan fingerprint density at radius 2 is 2.11 bits per heavy atom. The molecular formula is C15H22BrNOS. The second-order valence-corrected chi connectivity index (χ2v) is 7.90. The summed E-state index contributed by atoms with van der Waals surface area (Å²) in [5.74, 6) is 0.614. The molecule has 1 aromatic rings. The van der Waals surface area contributed by atoms with E-state index in [2.05, 4.69) is 41.2 Å². The molecule has 1 aromatic heterocycles. The van der Waals surface area contributed by atoms with Crippen LogP contribution in [0.2, 0.25) is 0 Å². The van der Waals surface area contributed by atoms with Crippen molar-refractivity contribution in [2.24, 2.45) is 5.92 Å². The summed E-state index contributed by atoms with van der Waals surface area (Å²) < 4.78 is 0. The van der Waals surface area contributed by atoms with Crippen LogP contribution < -0.4 is 5.32 Å². The van der Waals surface area contributed by atoms with Crippen LogP contribution in [0.25, 0.3) is 0 Å². The number of alkyl halides is 1. The van der Waals surface area contributed by atoms with Gasteiger partial charge in [0.1, 0.15) is 0 Å². The number of thiophene rings is 1. The standard InChI is InChI=1S/C15H22BrNOS/c1-10(2)12(16)9-17-15(18)14-8-11-6-4-3-5-7-13(11)19-14/h8,10,12H,3-7,9H2,1-2H3,(H,17,18). The topological polar surface area (TPSA) is 29.1 Å². The predicted octanol–water partition coefficient (Wildman–Crippen LogP) is 4.17. The van der Waals surface area contributed by atoms with Crippen LogP contribution in [0.4, 0.5) is 0 Å². The summed E-state index contributed by atoms with van der Waals surface area (Å²) in [5.41, 5.74) is 1.41. The van der Waals surface area contributed by atoms with E-state index in [1.807, 2.05) is 0 Å². The Kier molecular flexibility index (Phi) is 5.46. The molecule has 0 aromatic carbocycles. The fourth-order valence-electron chi connectivity index (χ4n) is 2.29. The number of fused-ring (bicyclic) bond motifs is 1. The highest BCUT2D eigenvalue weighted by Crippen LogP contribution is 2.28. The third-order valence-corrected chi connectivity index (χ3v) is 6.27. The SMILES string of the molecule is CC(C)C(Br)CNC(=O)c1cc2c(s1)CCCCC2. The van der Waals surface area contributed by atoms with Gasteiger partial charge in [0, 0.05) is 16.2 Å². The Labute approximate surface area is 128 Å². The molecule has 1 amide bonds. The van der Waals surface area contributed by atoms with Crippen molar-refractivity contribution >= 4 is 33.2 Å². The first-order valence-corrected chi connectivity index (χ1v) is 8.85. The maximum absolute atomic E-state index is 12.2. The Hall–Kier alpha value is -0.350. The molecule has 0 aliphatic heterocycles. The number of hydrogen-bond acceptors (Lipinski definition) is 2. The highest BCUT2D eigenvalue weighted by atomic mass is 79.9. The average molecular weight is 344 g/mol. The van der Waals surface area contributed by atoms with Crippen LogP contribution in [0.5, 0.6) is 0 Å². The maximum atomic E-state index is 12.2. The summed E-state index contributed by atoms with van der Waals surface area (Å²) in [7, 11) is 0. The Bertz CT molecular complexity index is 418. The molecule has 0 fully saturated rings. The molecule has 2 nitrogen and oxygen atoms in total. The van der Waals surface area contributed by atoms with E-state index in [0.717, 1.165) is 17.7 Å². The molecule has 1 N–H and O–H groups in total. The monoisotopic (exact) mass is 343 g/mol. The van der Waals surface area contributed by atoms with Crippen molar-refractivity contribution in [3.8, 4) is 0 Å². The number of amides is 1. The Morgan fingerprint density at radius 1 is 1.37 bits per heavy atom. The van der Waals surface area contributed by atoms with Crippen molar-refractivity contribution < 1.29 is 4.79 Å². The lowest BCUT2D eigenvalue weighted by Crippen LogP contribution is -2.31. The lowest BCUT2D eigenvalue weighted by atomic mass is 10.1. The molecule has 0 spiro atoms. The van der Waals surface area contributed by atoms with Crippen molar-refractivity contribution in [3.05, 3.63) is 21.4 Å². The van der Waals surface area contributed by atoms with Crippen LogP contribution in [0, 0.1) is 5.92 Å². The Balaban J connectivity index is 1.96. The highest BCUT2D eigenvalue weighted by molar-refractivity contribution is 9.09. The lowest BCUT2D eigenvalue weighted by molar-refractivity contribution is 0.0957. The summed E-state index contributed by atoms with van der Waals surface area (Å²) >= 11 is 5.29. The fraction of sp³-hybridized carbons (Fsp3) is 0.667. The van der Waals surface area contributed by atoms with Gasteiger partial charge in [0.2, 0.25) is 0 Å². The molecule has 1 aliphatic rings. The van der Waals surface area contributed by atoms with Crippen LogP contribution in [0.3, 0.4) is 0 Å². The van der Waals surface area contributed by atoms with Crippen LogP contribution in [-0.2, 0) is 12.8 Å². The molecule has 0 radical (unpaired) electrons. The number of aryl methyl sites for hydroxylation is 2. The summed E-state index contributed by atoms with van der Waals surface area (Å²) in [6.45, 7) is 5.00. The van der Waals surface area contributed by atoms with E-state index in [4.69, 9.17) is 0 Å². The Morgan fingerprint density at radius 3 is 2.84 bits per heavy atom. The molecule has 2 rings (SSSR count). The van der Waals surface area contributed by atoms with Gasteiger partial charge in [0.15, 0.2) is 0 Å². The molecule has 19 heavy (non-hydrogen) atoms. The molecule has 4 heteroatoms. The summed E-state index contributed by atoms with van der Waals surface area (Å²) in [6, 6.07) is 2.11. The first-order valence-electron chi connectivity index (χ1n) is 7.11. The van der Waals surface area contributed by atoms with Crippen LogP contribution in [-0.4, -0.2) is 17.3 Å². The minimum absolute atomic E-state index is 0.0863. The second-order valence-electron chi connectivity index (χ2n) is 5.59. The number of halogens is 1. The average Bonchev–Trinajstić information content (AvgIpc) is 2.67. The fourth-order valence-corrected chi connectivity index (χ4v) is 3.62. The second kappa shape index (κ2) is 6.89. The molecule has 1 atom stereocenters. The van der Waals surface area contributed by atoms with Crippen LogP contribution in [0.15, 0.2) is 6.07 Å². The number of nitrogens with one attached hydrogen (secondary N) is 1. The molecule has 0 saturated heterocycles. The summed E-state index contributed by atoms with van der Waals surface area (Å²) in [6.07, 6.45) is 6.15. The van der Waals surface area contributed by atoms with Gasteiger partial charge in [0.05, 0.1) is 4.88 Å². The van der Waals surface area contributed by atoms with E-state index >= 15 is 0 Å². The van der Waals surface area contributed by atoms with E-state index in [9.17, 15) is 4.79 Å². The first-order chi connectivity index (χ1) is 9.08.